The molecule has 2 heterocycles. The number of aliphatic carboxylic acids is 1. The van der Waals surface area contributed by atoms with Crippen molar-refractivity contribution < 1.29 is 9.90 Å². The van der Waals surface area contributed by atoms with E-state index in [9.17, 15) is 4.79 Å². The van der Waals surface area contributed by atoms with Crippen LogP contribution in [0.15, 0.2) is 10.3 Å². The lowest BCUT2D eigenvalue weighted by atomic mass is 10.6. The van der Waals surface area contributed by atoms with Crippen LogP contribution in [0.4, 0.5) is 0 Å². The van der Waals surface area contributed by atoms with E-state index >= 15 is 0 Å². The quantitative estimate of drug-likeness (QED) is 0.701. The van der Waals surface area contributed by atoms with Gasteiger partial charge in [0.1, 0.15) is 11.1 Å². The standard InChI is InChI=1S/C8H11N8O2S2/c1-3-6(19-7-9-11-13-15(7)2)20-8-10-12-14-16(8)4-5(17)18/h3-4H2,1-2H3,(H,17,18). The average molecular weight is 315 g/mol. The molecule has 0 saturated carbocycles. The molecule has 2 rings (SSSR count). The molecule has 0 bridgehead atoms. The van der Waals surface area contributed by atoms with Crippen LogP contribution in [0, 0.1) is 4.58 Å². The Labute approximate surface area is 122 Å². The fourth-order valence-electron chi connectivity index (χ4n) is 1.17. The minimum absolute atomic E-state index is 0.275. The minimum atomic E-state index is -0.998. The fraction of sp³-hybridized carbons (Fsp3) is 0.500. The number of thioether (sulfide) groups is 2. The number of nitrogens with zero attached hydrogens (tertiary/aromatic N) is 8. The minimum Gasteiger partial charge on any atom is -0.480 e. The van der Waals surface area contributed by atoms with Crippen molar-refractivity contribution in [3.05, 3.63) is 4.58 Å². The van der Waals surface area contributed by atoms with Crippen molar-refractivity contribution in [2.24, 2.45) is 7.05 Å². The maximum absolute atomic E-state index is 10.7. The summed E-state index contributed by atoms with van der Waals surface area (Å²) in [6.07, 6.45) is 0.738. The zero-order valence-corrected chi connectivity index (χ0v) is 12.3. The smallest absolute Gasteiger partial charge is 0.325 e. The highest BCUT2D eigenvalue weighted by atomic mass is 32.2. The number of hydrogen-bond donors (Lipinski definition) is 1. The van der Waals surface area contributed by atoms with Gasteiger partial charge in [0.15, 0.2) is 0 Å². The highest BCUT2D eigenvalue weighted by molar-refractivity contribution is 8.20. The third kappa shape index (κ3) is 3.66. The number of hydrogen-bond acceptors (Lipinski definition) is 9. The highest BCUT2D eigenvalue weighted by Crippen LogP contribution is 2.41. The first-order chi connectivity index (χ1) is 9.60. The predicted molar refractivity (Wildman–Crippen MR) is 69.5 cm³/mol. The summed E-state index contributed by atoms with van der Waals surface area (Å²) in [6, 6.07) is 0. The Morgan fingerprint density at radius 1 is 1.20 bits per heavy atom. The number of aromatic nitrogens is 8. The number of carboxylic acids is 1. The van der Waals surface area contributed by atoms with Crippen molar-refractivity contribution >= 4 is 29.5 Å². The maximum Gasteiger partial charge on any atom is 0.325 e. The molecule has 0 fully saturated rings. The molecular weight excluding hydrogens is 304 g/mol. The van der Waals surface area contributed by atoms with Crippen LogP contribution in [0.25, 0.3) is 0 Å². The van der Waals surface area contributed by atoms with Gasteiger partial charge in [0.05, 0.1) is 0 Å². The number of tetrazole rings is 2. The van der Waals surface area contributed by atoms with Crippen LogP contribution >= 0.6 is 23.5 Å². The van der Waals surface area contributed by atoms with E-state index < -0.39 is 5.97 Å². The van der Waals surface area contributed by atoms with Crippen molar-refractivity contribution in [2.45, 2.75) is 30.2 Å². The number of rotatable bonds is 7. The first kappa shape index (κ1) is 14.7. The summed E-state index contributed by atoms with van der Waals surface area (Å²) >= 11 is 2.70. The summed E-state index contributed by atoms with van der Waals surface area (Å²) < 4.78 is 3.75. The van der Waals surface area contributed by atoms with Gasteiger partial charge >= 0.3 is 5.97 Å². The molecule has 0 aromatic carbocycles. The first-order valence-corrected chi connectivity index (χ1v) is 7.15. The normalized spacial score (nSPS) is 11.2. The Balaban J connectivity index is 2.05. The van der Waals surface area contributed by atoms with Gasteiger partial charge < -0.3 is 5.11 Å². The van der Waals surface area contributed by atoms with E-state index in [1.807, 2.05) is 6.92 Å². The second kappa shape index (κ2) is 6.65. The molecule has 1 N–H and O–H groups in total. The van der Waals surface area contributed by atoms with E-state index in [2.05, 4.69) is 31.1 Å². The van der Waals surface area contributed by atoms with Gasteiger partial charge in [-0.3, -0.25) is 4.79 Å². The molecule has 20 heavy (non-hydrogen) atoms. The van der Waals surface area contributed by atoms with E-state index in [-0.39, 0.29) is 6.54 Å². The summed E-state index contributed by atoms with van der Waals surface area (Å²) in [4.78, 5) is 10.7. The third-order valence-electron chi connectivity index (χ3n) is 2.06. The van der Waals surface area contributed by atoms with Crippen molar-refractivity contribution in [1.29, 1.82) is 0 Å². The molecule has 2 aromatic rings. The largest absolute Gasteiger partial charge is 0.480 e. The van der Waals surface area contributed by atoms with Crippen LogP contribution in [-0.4, -0.2) is 51.5 Å². The number of aryl methyl sites for hydroxylation is 1. The molecular formula is C8H11N8O2S2. The van der Waals surface area contributed by atoms with Gasteiger partial charge in [0, 0.05) is 7.05 Å². The lowest BCUT2D eigenvalue weighted by molar-refractivity contribution is -0.138. The molecule has 0 aliphatic rings. The van der Waals surface area contributed by atoms with Crippen LogP contribution in [0.1, 0.15) is 13.3 Å². The van der Waals surface area contributed by atoms with E-state index in [1.165, 1.54) is 28.2 Å². The molecule has 0 unspecified atom stereocenters. The molecule has 0 aliphatic heterocycles. The van der Waals surface area contributed by atoms with Gasteiger partial charge in [-0.25, -0.2) is 9.36 Å². The summed E-state index contributed by atoms with van der Waals surface area (Å²) in [5.41, 5.74) is 0. The molecule has 2 aromatic heterocycles. The van der Waals surface area contributed by atoms with Gasteiger partial charge in [-0.2, -0.15) is 0 Å². The monoisotopic (exact) mass is 315 g/mol. The molecule has 0 amide bonds. The molecule has 0 saturated heterocycles. The lowest BCUT2D eigenvalue weighted by Crippen LogP contribution is -2.11. The Kier molecular flexibility index (Phi) is 4.89. The zero-order valence-electron chi connectivity index (χ0n) is 10.7. The molecule has 0 spiro atoms. The van der Waals surface area contributed by atoms with Crippen LogP contribution in [0.5, 0.6) is 0 Å². The van der Waals surface area contributed by atoms with Crippen LogP contribution in [0.2, 0.25) is 0 Å². The average Bonchev–Trinajstić information content (AvgIpc) is 2.98. The van der Waals surface area contributed by atoms with E-state index in [4.69, 9.17) is 5.11 Å². The fourth-order valence-corrected chi connectivity index (χ4v) is 3.01. The topological polar surface area (TPSA) is 124 Å². The van der Waals surface area contributed by atoms with Gasteiger partial charge in [-0.15, -0.1) is 10.2 Å². The van der Waals surface area contributed by atoms with Crippen molar-refractivity contribution in [1.82, 2.24) is 40.4 Å². The lowest BCUT2D eigenvalue weighted by Gasteiger charge is -2.10. The SMILES string of the molecule is CC[C](Sc1nnnn1C)Sc1nnnn1CC(=O)O. The molecule has 10 nitrogen and oxygen atoms in total. The predicted octanol–water partition coefficient (Wildman–Crippen LogP) is 0.0651. The summed E-state index contributed by atoms with van der Waals surface area (Å²) in [5, 5.41) is 32.0. The molecule has 0 aliphatic carbocycles. The first-order valence-electron chi connectivity index (χ1n) is 5.52. The zero-order chi connectivity index (χ0) is 14.5. The number of carbonyl (C=O) groups is 1. The van der Waals surface area contributed by atoms with Crippen molar-refractivity contribution in [3.8, 4) is 0 Å². The van der Waals surface area contributed by atoms with Gasteiger partial charge in [0.2, 0.25) is 10.3 Å². The van der Waals surface area contributed by atoms with Crippen molar-refractivity contribution in [3.63, 3.8) is 0 Å². The third-order valence-corrected chi connectivity index (χ3v) is 4.60. The maximum atomic E-state index is 10.7. The second-order valence-electron chi connectivity index (χ2n) is 3.53. The van der Waals surface area contributed by atoms with Gasteiger partial charge in [-0.05, 0) is 27.3 Å². The Hall–Kier alpha value is -1.69. The van der Waals surface area contributed by atoms with Crippen molar-refractivity contribution in [2.75, 3.05) is 0 Å². The highest BCUT2D eigenvalue weighted by Gasteiger charge is 2.19. The molecule has 0 atom stereocenters. The van der Waals surface area contributed by atoms with E-state index in [1.54, 1.807) is 11.7 Å². The van der Waals surface area contributed by atoms with Crippen LogP contribution < -0.4 is 0 Å². The van der Waals surface area contributed by atoms with Gasteiger partial charge in [0.25, 0.3) is 0 Å². The number of carboxylic acid groups (broad SMARTS) is 1. The van der Waals surface area contributed by atoms with Crippen LogP contribution in [0.3, 0.4) is 0 Å². The molecule has 107 valence electrons. The summed E-state index contributed by atoms with van der Waals surface area (Å²) in [7, 11) is 1.74. The van der Waals surface area contributed by atoms with Gasteiger partial charge in [-0.1, -0.05) is 30.4 Å². The van der Waals surface area contributed by atoms with E-state index in [0.717, 1.165) is 11.0 Å². The Bertz CT molecular complexity index is 585. The summed E-state index contributed by atoms with van der Waals surface area (Å²) in [5.74, 6) is -0.998. The van der Waals surface area contributed by atoms with Crippen LogP contribution in [-0.2, 0) is 18.4 Å². The molecule has 12 heteroatoms. The Morgan fingerprint density at radius 3 is 2.45 bits per heavy atom. The summed E-state index contributed by atoms with van der Waals surface area (Å²) in [6.45, 7) is 1.70. The molecule has 1 radical (unpaired) electrons. The second-order valence-corrected chi connectivity index (χ2v) is 5.91. The Morgan fingerprint density at radius 2 is 1.85 bits per heavy atom. The van der Waals surface area contributed by atoms with E-state index in [0.29, 0.717) is 10.3 Å².